The standard InChI is InChI=1S/C20H26N6O/c1-20(2,3)18(13-26-10-9-21-14-26)24-19(27)25(4)12-15-11-22-16-7-5-6-8-17(16)23-15/h5-11,14,18H,12-13H2,1-4H3,(H,24,27)/t18-/m0/s1. The van der Waals surface area contributed by atoms with Gasteiger partial charge in [0.2, 0.25) is 0 Å². The van der Waals surface area contributed by atoms with Crippen molar-refractivity contribution in [2.24, 2.45) is 5.41 Å². The van der Waals surface area contributed by atoms with Gasteiger partial charge in [0.1, 0.15) is 0 Å². The molecule has 3 aromatic rings. The van der Waals surface area contributed by atoms with Crippen LogP contribution in [0.15, 0.2) is 49.2 Å². The second-order valence-electron chi connectivity index (χ2n) is 7.83. The molecule has 0 aliphatic carbocycles. The van der Waals surface area contributed by atoms with Gasteiger partial charge in [0, 0.05) is 26.0 Å². The van der Waals surface area contributed by atoms with Crippen LogP contribution in [0, 0.1) is 5.41 Å². The Labute approximate surface area is 159 Å². The zero-order chi connectivity index (χ0) is 19.4. The van der Waals surface area contributed by atoms with E-state index in [1.807, 2.05) is 35.0 Å². The molecule has 0 unspecified atom stereocenters. The van der Waals surface area contributed by atoms with Crippen molar-refractivity contribution in [3.8, 4) is 0 Å². The van der Waals surface area contributed by atoms with E-state index in [0.29, 0.717) is 13.1 Å². The smallest absolute Gasteiger partial charge is 0.317 e. The summed E-state index contributed by atoms with van der Waals surface area (Å²) >= 11 is 0. The van der Waals surface area contributed by atoms with Crippen LogP contribution in [0.1, 0.15) is 26.5 Å². The number of hydrogen-bond donors (Lipinski definition) is 1. The normalized spacial score (nSPS) is 12.7. The second-order valence-corrected chi connectivity index (χ2v) is 7.83. The van der Waals surface area contributed by atoms with E-state index in [-0.39, 0.29) is 17.5 Å². The van der Waals surface area contributed by atoms with E-state index in [2.05, 4.69) is 41.0 Å². The fourth-order valence-electron chi connectivity index (χ4n) is 2.79. The number of nitrogens with zero attached hydrogens (tertiary/aromatic N) is 5. The molecule has 1 N–H and O–H groups in total. The van der Waals surface area contributed by atoms with Crippen molar-refractivity contribution in [2.45, 2.75) is 39.9 Å². The van der Waals surface area contributed by atoms with Gasteiger partial charge in [-0.3, -0.25) is 4.98 Å². The van der Waals surface area contributed by atoms with Crippen LogP contribution < -0.4 is 5.32 Å². The largest absolute Gasteiger partial charge is 0.335 e. The van der Waals surface area contributed by atoms with Crippen LogP contribution in [-0.2, 0) is 13.1 Å². The van der Waals surface area contributed by atoms with Crippen molar-refractivity contribution >= 4 is 17.1 Å². The average Bonchev–Trinajstić information content (AvgIpc) is 3.13. The molecule has 0 radical (unpaired) electrons. The lowest BCUT2D eigenvalue weighted by Crippen LogP contribution is -2.50. The molecule has 2 amide bonds. The summed E-state index contributed by atoms with van der Waals surface area (Å²) < 4.78 is 1.98. The van der Waals surface area contributed by atoms with Crippen LogP contribution in [0.25, 0.3) is 11.0 Å². The van der Waals surface area contributed by atoms with Crippen molar-refractivity contribution in [3.63, 3.8) is 0 Å². The zero-order valence-electron chi connectivity index (χ0n) is 16.3. The van der Waals surface area contributed by atoms with Gasteiger partial charge in [0.15, 0.2) is 0 Å². The molecule has 0 aliphatic heterocycles. The Kier molecular flexibility index (Phi) is 5.39. The Morgan fingerprint density at radius 2 is 2.00 bits per heavy atom. The van der Waals surface area contributed by atoms with Crippen LogP contribution in [0.2, 0.25) is 0 Å². The molecule has 27 heavy (non-hydrogen) atoms. The summed E-state index contributed by atoms with van der Waals surface area (Å²) in [6.45, 7) is 7.40. The highest BCUT2D eigenvalue weighted by Crippen LogP contribution is 2.21. The molecular weight excluding hydrogens is 340 g/mol. The highest BCUT2D eigenvalue weighted by atomic mass is 16.2. The Morgan fingerprint density at radius 3 is 2.67 bits per heavy atom. The number of hydrogen-bond acceptors (Lipinski definition) is 4. The molecule has 0 spiro atoms. The van der Waals surface area contributed by atoms with Crippen LogP contribution in [0.5, 0.6) is 0 Å². The molecule has 0 bridgehead atoms. The first-order valence-electron chi connectivity index (χ1n) is 9.01. The minimum Gasteiger partial charge on any atom is -0.335 e. The Morgan fingerprint density at radius 1 is 1.26 bits per heavy atom. The highest BCUT2D eigenvalue weighted by Gasteiger charge is 2.27. The summed E-state index contributed by atoms with van der Waals surface area (Å²) in [4.78, 5) is 27.4. The van der Waals surface area contributed by atoms with E-state index in [1.54, 1.807) is 30.7 Å². The van der Waals surface area contributed by atoms with E-state index >= 15 is 0 Å². The van der Waals surface area contributed by atoms with Gasteiger partial charge in [-0.15, -0.1) is 0 Å². The molecule has 7 nitrogen and oxygen atoms in total. The number of para-hydroxylation sites is 2. The van der Waals surface area contributed by atoms with Crippen molar-refractivity contribution in [1.82, 2.24) is 29.7 Å². The zero-order valence-corrected chi connectivity index (χ0v) is 16.3. The third kappa shape index (κ3) is 4.81. The summed E-state index contributed by atoms with van der Waals surface area (Å²) in [6.07, 6.45) is 7.13. The minimum absolute atomic E-state index is 0.0377. The number of nitrogens with one attached hydrogen (secondary N) is 1. The van der Waals surface area contributed by atoms with Crippen LogP contribution in [-0.4, -0.2) is 43.5 Å². The number of urea groups is 1. The number of carbonyl (C=O) groups is 1. The Hall–Kier alpha value is -2.96. The molecule has 0 aliphatic rings. The van der Waals surface area contributed by atoms with Crippen LogP contribution in [0.3, 0.4) is 0 Å². The van der Waals surface area contributed by atoms with Crippen LogP contribution >= 0.6 is 0 Å². The molecule has 1 atom stereocenters. The second kappa shape index (κ2) is 7.73. The van der Waals surface area contributed by atoms with Crippen molar-refractivity contribution < 1.29 is 4.79 Å². The van der Waals surface area contributed by atoms with E-state index in [4.69, 9.17) is 0 Å². The number of rotatable bonds is 5. The van der Waals surface area contributed by atoms with Gasteiger partial charge in [0.05, 0.1) is 41.8 Å². The monoisotopic (exact) mass is 366 g/mol. The van der Waals surface area contributed by atoms with Gasteiger partial charge in [0.25, 0.3) is 0 Å². The third-order valence-corrected chi connectivity index (χ3v) is 4.54. The first kappa shape index (κ1) is 18.8. The maximum Gasteiger partial charge on any atom is 0.317 e. The molecule has 0 saturated carbocycles. The lowest BCUT2D eigenvalue weighted by molar-refractivity contribution is 0.180. The van der Waals surface area contributed by atoms with Gasteiger partial charge < -0.3 is 14.8 Å². The fourth-order valence-corrected chi connectivity index (χ4v) is 2.79. The lowest BCUT2D eigenvalue weighted by Gasteiger charge is -2.33. The van der Waals surface area contributed by atoms with Gasteiger partial charge >= 0.3 is 6.03 Å². The molecule has 7 heteroatoms. The van der Waals surface area contributed by atoms with Gasteiger partial charge in [-0.25, -0.2) is 14.8 Å². The highest BCUT2D eigenvalue weighted by molar-refractivity contribution is 5.75. The number of benzene rings is 1. The first-order valence-corrected chi connectivity index (χ1v) is 9.01. The SMILES string of the molecule is CN(Cc1cnc2ccccc2n1)C(=O)N[C@@H](Cn1ccnc1)C(C)(C)C. The number of aromatic nitrogens is 4. The van der Waals surface area contributed by atoms with Gasteiger partial charge in [-0.2, -0.15) is 0 Å². The molecule has 142 valence electrons. The number of imidazole rings is 1. The molecule has 2 heterocycles. The number of carbonyl (C=O) groups excluding carboxylic acids is 1. The topological polar surface area (TPSA) is 75.9 Å². The summed E-state index contributed by atoms with van der Waals surface area (Å²) in [5.74, 6) is 0. The lowest BCUT2D eigenvalue weighted by atomic mass is 9.86. The molecule has 3 rings (SSSR count). The van der Waals surface area contributed by atoms with E-state index in [0.717, 1.165) is 16.7 Å². The van der Waals surface area contributed by atoms with Crippen molar-refractivity contribution in [2.75, 3.05) is 7.05 Å². The molecule has 2 aromatic heterocycles. The first-order chi connectivity index (χ1) is 12.8. The maximum atomic E-state index is 12.7. The molecule has 0 saturated heterocycles. The number of amides is 2. The van der Waals surface area contributed by atoms with Crippen molar-refractivity contribution in [1.29, 1.82) is 0 Å². The Balaban J connectivity index is 1.67. The summed E-state index contributed by atoms with van der Waals surface area (Å²) in [6, 6.07) is 7.54. The quantitative estimate of drug-likeness (QED) is 0.753. The molecule has 0 fully saturated rings. The van der Waals surface area contributed by atoms with Gasteiger partial charge in [-0.05, 0) is 17.5 Å². The van der Waals surface area contributed by atoms with Gasteiger partial charge in [-0.1, -0.05) is 32.9 Å². The van der Waals surface area contributed by atoms with Crippen LogP contribution in [0.4, 0.5) is 4.79 Å². The van der Waals surface area contributed by atoms with E-state index in [1.165, 1.54) is 0 Å². The van der Waals surface area contributed by atoms with E-state index < -0.39 is 0 Å². The maximum absolute atomic E-state index is 12.7. The van der Waals surface area contributed by atoms with E-state index in [9.17, 15) is 4.79 Å². The fraction of sp³-hybridized carbons (Fsp3) is 0.400. The number of fused-ring (bicyclic) bond motifs is 1. The summed E-state index contributed by atoms with van der Waals surface area (Å²) in [5.41, 5.74) is 2.34. The summed E-state index contributed by atoms with van der Waals surface area (Å²) in [7, 11) is 1.77. The minimum atomic E-state index is -0.134. The third-order valence-electron chi connectivity index (χ3n) is 4.54. The predicted molar refractivity (Wildman–Crippen MR) is 105 cm³/mol. The Bertz CT molecular complexity index is 900. The molecule has 1 aromatic carbocycles. The van der Waals surface area contributed by atoms with Crippen molar-refractivity contribution in [3.05, 3.63) is 54.9 Å². The predicted octanol–water partition coefficient (Wildman–Crippen LogP) is 3.08. The average molecular weight is 366 g/mol. The molecular formula is C20H26N6O. The summed E-state index contributed by atoms with van der Waals surface area (Å²) in [5, 5.41) is 3.14.